The molecule has 1 rings (SSSR count). The lowest BCUT2D eigenvalue weighted by Crippen LogP contribution is -2.30. The maximum atomic E-state index is 11.8. The standard InChI is InChI=1S/C9H13N3O3S/c1-2-12-9(13)6-16(14,15)8-3-4-11-5-7(8)10/h3-5H,2,6,10H2,1H3,(H,12,13). The molecule has 0 spiro atoms. The van der Waals surface area contributed by atoms with Crippen LogP contribution in [-0.2, 0) is 14.6 Å². The number of anilines is 1. The van der Waals surface area contributed by atoms with Crippen LogP contribution in [0.2, 0.25) is 0 Å². The van der Waals surface area contributed by atoms with Gasteiger partial charge in [0, 0.05) is 12.7 Å². The maximum absolute atomic E-state index is 11.8. The fourth-order valence-corrected chi connectivity index (χ4v) is 2.46. The van der Waals surface area contributed by atoms with Crippen molar-refractivity contribution in [3.8, 4) is 0 Å². The number of pyridine rings is 1. The molecule has 88 valence electrons. The highest BCUT2D eigenvalue weighted by Crippen LogP contribution is 2.17. The molecule has 16 heavy (non-hydrogen) atoms. The Hall–Kier alpha value is -1.63. The zero-order chi connectivity index (χ0) is 12.2. The Morgan fingerprint density at radius 2 is 2.25 bits per heavy atom. The number of nitrogen functional groups attached to an aromatic ring is 1. The normalized spacial score (nSPS) is 11.1. The molecule has 1 amide bonds. The van der Waals surface area contributed by atoms with Gasteiger partial charge in [0.25, 0.3) is 0 Å². The third-order valence-electron chi connectivity index (χ3n) is 1.84. The SMILES string of the molecule is CCNC(=O)CS(=O)(=O)c1ccncc1N. The average Bonchev–Trinajstić information content (AvgIpc) is 2.17. The Kier molecular flexibility index (Phi) is 3.83. The first-order chi connectivity index (χ1) is 7.47. The van der Waals surface area contributed by atoms with Gasteiger partial charge in [0.15, 0.2) is 9.84 Å². The van der Waals surface area contributed by atoms with Crippen LogP contribution in [0.4, 0.5) is 5.69 Å². The van der Waals surface area contributed by atoms with Gasteiger partial charge in [-0.25, -0.2) is 8.42 Å². The number of sulfone groups is 1. The summed E-state index contributed by atoms with van der Waals surface area (Å²) < 4.78 is 23.5. The van der Waals surface area contributed by atoms with Gasteiger partial charge in [-0.05, 0) is 13.0 Å². The van der Waals surface area contributed by atoms with Crippen molar-refractivity contribution in [2.45, 2.75) is 11.8 Å². The lowest BCUT2D eigenvalue weighted by molar-refractivity contribution is -0.118. The van der Waals surface area contributed by atoms with Gasteiger partial charge in [0.1, 0.15) is 5.75 Å². The first-order valence-corrected chi connectivity index (χ1v) is 6.31. The third-order valence-corrected chi connectivity index (χ3v) is 3.52. The number of hydrogen-bond acceptors (Lipinski definition) is 5. The Bertz CT molecular complexity index is 485. The molecule has 0 fully saturated rings. The van der Waals surface area contributed by atoms with Crippen LogP contribution in [-0.4, -0.2) is 31.6 Å². The summed E-state index contributed by atoms with van der Waals surface area (Å²) >= 11 is 0. The average molecular weight is 243 g/mol. The van der Waals surface area contributed by atoms with Crippen molar-refractivity contribution in [2.75, 3.05) is 18.0 Å². The van der Waals surface area contributed by atoms with Crippen molar-refractivity contribution in [1.29, 1.82) is 0 Å². The highest BCUT2D eigenvalue weighted by molar-refractivity contribution is 7.92. The van der Waals surface area contributed by atoms with Crippen molar-refractivity contribution < 1.29 is 13.2 Å². The first kappa shape index (κ1) is 12.4. The Morgan fingerprint density at radius 1 is 1.56 bits per heavy atom. The van der Waals surface area contributed by atoms with Crippen molar-refractivity contribution in [2.24, 2.45) is 0 Å². The van der Waals surface area contributed by atoms with Gasteiger partial charge in [-0.1, -0.05) is 0 Å². The van der Waals surface area contributed by atoms with Gasteiger partial charge in [-0.15, -0.1) is 0 Å². The van der Waals surface area contributed by atoms with E-state index in [1.165, 1.54) is 18.5 Å². The van der Waals surface area contributed by atoms with Crippen molar-refractivity contribution in [1.82, 2.24) is 10.3 Å². The van der Waals surface area contributed by atoms with Gasteiger partial charge < -0.3 is 11.1 Å². The van der Waals surface area contributed by atoms with Gasteiger partial charge in [-0.2, -0.15) is 0 Å². The number of nitrogens with zero attached hydrogens (tertiary/aromatic N) is 1. The lowest BCUT2D eigenvalue weighted by Gasteiger charge is -2.06. The molecule has 0 radical (unpaired) electrons. The number of hydrogen-bond donors (Lipinski definition) is 2. The number of carbonyl (C=O) groups excluding carboxylic acids is 1. The maximum Gasteiger partial charge on any atom is 0.235 e. The fraction of sp³-hybridized carbons (Fsp3) is 0.333. The first-order valence-electron chi connectivity index (χ1n) is 4.66. The smallest absolute Gasteiger partial charge is 0.235 e. The summed E-state index contributed by atoms with van der Waals surface area (Å²) in [5.74, 6) is -1.14. The van der Waals surface area contributed by atoms with E-state index in [9.17, 15) is 13.2 Å². The van der Waals surface area contributed by atoms with E-state index in [2.05, 4.69) is 10.3 Å². The van der Waals surface area contributed by atoms with Crippen LogP contribution < -0.4 is 11.1 Å². The molecule has 0 saturated heterocycles. The minimum absolute atomic E-state index is 0.0480. The molecule has 7 heteroatoms. The molecule has 0 saturated carbocycles. The van der Waals surface area contributed by atoms with Crippen LogP contribution in [0.3, 0.4) is 0 Å². The van der Waals surface area contributed by atoms with Crippen LogP contribution in [0.1, 0.15) is 6.92 Å². The second-order valence-corrected chi connectivity index (χ2v) is 5.08. The number of amides is 1. The number of carbonyl (C=O) groups is 1. The molecule has 0 aromatic carbocycles. The predicted molar refractivity (Wildman–Crippen MR) is 59.4 cm³/mol. The van der Waals surface area contributed by atoms with Crippen LogP contribution in [0.15, 0.2) is 23.4 Å². The second kappa shape index (κ2) is 4.93. The molecule has 1 aromatic heterocycles. The number of rotatable bonds is 4. The molecule has 0 atom stereocenters. The van der Waals surface area contributed by atoms with E-state index in [4.69, 9.17) is 5.73 Å². The minimum atomic E-state index is -3.69. The van der Waals surface area contributed by atoms with Gasteiger partial charge >= 0.3 is 0 Å². The molecule has 0 bridgehead atoms. The lowest BCUT2D eigenvalue weighted by atomic mass is 10.4. The molecule has 1 heterocycles. The van der Waals surface area contributed by atoms with E-state index in [1.807, 2.05) is 0 Å². The van der Waals surface area contributed by atoms with E-state index in [0.29, 0.717) is 6.54 Å². The minimum Gasteiger partial charge on any atom is -0.396 e. The summed E-state index contributed by atoms with van der Waals surface area (Å²) in [5.41, 5.74) is 5.53. The zero-order valence-electron chi connectivity index (χ0n) is 8.80. The zero-order valence-corrected chi connectivity index (χ0v) is 9.62. The van der Waals surface area contributed by atoms with Crippen molar-refractivity contribution in [3.63, 3.8) is 0 Å². The number of nitrogens with one attached hydrogen (secondary N) is 1. The van der Waals surface area contributed by atoms with E-state index in [1.54, 1.807) is 6.92 Å². The second-order valence-electron chi connectivity index (χ2n) is 3.13. The molecule has 0 aliphatic heterocycles. The molecular weight excluding hydrogens is 230 g/mol. The highest BCUT2D eigenvalue weighted by atomic mass is 32.2. The van der Waals surface area contributed by atoms with Gasteiger partial charge in [0.2, 0.25) is 5.91 Å². The quantitative estimate of drug-likeness (QED) is 0.747. The molecule has 0 unspecified atom stereocenters. The molecule has 0 aliphatic carbocycles. The molecule has 1 aromatic rings. The van der Waals surface area contributed by atoms with E-state index in [-0.39, 0.29) is 10.6 Å². The third kappa shape index (κ3) is 2.93. The van der Waals surface area contributed by atoms with Crippen LogP contribution in [0, 0.1) is 0 Å². The van der Waals surface area contributed by atoms with Crippen LogP contribution >= 0.6 is 0 Å². The highest BCUT2D eigenvalue weighted by Gasteiger charge is 2.21. The Morgan fingerprint density at radius 3 is 2.81 bits per heavy atom. The monoisotopic (exact) mass is 243 g/mol. The predicted octanol–water partition coefficient (Wildman–Crippen LogP) is -0.426. The molecular formula is C9H13N3O3S. The molecule has 3 N–H and O–H groups in total. The number of nitrogens with two attached hydrogens (primary N) is 1. The summed E-state index contributed by atoms with van der Waals surface area (Å²) in [6.07, 6.45) is 2.56. The summed E-state index contributed by atoms with van der Waals surface area (Å²) in [4.78, 5) is 14.8. The largest absolute Gasteiger partial charge is 0.396 e. The Balaban J connectivity index is 2.95. The Labute approximate surface area is 93.8 Å². The van der Waals surface area contributed by atoms with Crippen molar-refractivity contribution >= 4 is 21.4 Å². The van der Waals surface area contributed by atoms with E-state index < -0.39 is 21.5 Å². The van der Waals surface area contributed by atoms with Gasteiger partial charge in [-0.3, -0.25) is 9.78 Å². The van der Waals surface area contributed by atoms with E-state index in [0.717, 1.165) is 0 Å². The summed E-state index contributed by atoms with van der Waals surface area (Å²) in [6, 6.07) is 1.28. The van der Waals surface area contributed by atoms with Crippen LogP contribution in [0.5, 0.6) is 0 Å². The fourth-order valence-electron chi connectivity index (χ4n) is 1.18. The van der Waals surface area contributed by atoms with Gasteiger partial charge in [0.05, 0.1) is 16.8 Å². The summed E-state index contributed by atoms with van der Waals surface area (Å²) in [7, 11) is -3.69. The van der Waals surface area contributed by atoms with Crippen LogP contribution in [0.25, 0.3) is 0 Å². The molecule has 6 nitrogen and oxygen atoms in total. The van der Waals surface area contributed by atoms with Crippen molar-refractivity contribution in [3.05, 3.63) is 18.5 Å². The summed E-state index contributed by atoms with van der Waals surface area (Å²) in [5, 5.41) is 2.42. The molecule has 0 aliphatic rings. The number of aromatic nitrogens is 1. The topological polar surface area (TPSA) is 102 Å². The van der Waals surface area contributed by atoms with E-state index >= 15 is 0 Å². The summed E-state index contributed by atoms with van der Waals surface area (Å²) in [6.45, 7) is 2.10.